The first-order chi connectivity index (χ1) is 8.76. The molecule has 96 valence electrons. The molecule has 0 saturated carbocycles. The summed E-state index contributed by atoms with van der Waals surface area (Å²) in [4.78, 5) is 0. The van der Waals surface area contributed by atoms with Crippen molar-refractivity contribution >= 4 is 28.1 Å². The van der Waals surface area contributed by atoms with E-state index in [4.69, 9.17) is 21.1 Å². The first-order valence-electron chi connectivity index (χ1n) is 5.17. The monoisotopic (exact) mass is 285 g/mol. The Hall–Kier alpha value is -1.53. The Bertz CT molecular complexity index is 519. The lowest BCUT2D eigenvalue weighted by Crippen LogP contribution is -2.00. The summed E-state index contributed by atoms with van der Waals surface area (Å²) in [5, 5.41) is 8.36. The number of ether oxygens (including phenoxy) is 2. The lowest BCUT2D eigenvalue weighted by Gasteiger charge is -2.13. The molecule has 0 aliphatic carbocycles. The summed E-state index contributed by atoms with van der Waals surface area (Å²) in [5.41, 5.74) is 0.919. The number of anilines is 1. The Morgan fingerprint density at radius 1 is 1.33 bits per heavy atom. The Labute approximate surface area is 114 Å². The molecule has 1 heterocycles. The van der Waals surface area contributed by atoms with Gasteiger partial charge in [0.15, 0.2) is 11.5 Å². The van der Waals surface area contributed by atoms with E-state index in [2.05, 4.69) is 14.9 Å². The highest BCUT2D eigenvalue weighted by molar-refractivity contribution is 7.09. The van der Waals surface area contributed by atoms with Gasteiger partial charge in [-0.2, -0.15) is 0 Å². The molecule has 0 bridgehead atoms. The van der Waals surface area contributed by atoms with Gasteiger partial charge < -0.3 is 14.8 Å². The van der Waals surface area contributed by atoms with E-state index < -0.39 is 0 Å². The smallest absolute Gasteiger partial charge is 0.179 e. The second kappa shape index (κ2) is 5.88. The average Bonchev–Trinajstić information content (AvgIpc) is 2.90. The molecule has 7 heteroatoms. The van der Waals surface area contributed by atoms with Crippen LogP contribution in [0.25, 0.3) is 0 Å². The summed E-state index contributed by atoms with van der Waals surface area (Å²) in [7, 11) is 3.14. The minimum Gasteiger partial charge on any atom is -0.493 e. The van der Waals surface area contributed by atoms with Crippen molar-refractivity contribution in [3.63, 3.8) is 0 Å². The first kappa shape index (κ1) is 12.9. The minimum atomic E-state index is 0.542. The maximum absolute atomic E-state index is 6.26. The SMILES string of the molecule is COc1ccc(CNc2cnns2)c(Cl)c1OC. The lowest BCUT2D eigenvalue weighted by molar-refractivity contribution is 0.355. The number of hydrogen-bond acceptors (Lipinski definition) is 6. The minimum absolute atomic E-state index is 0.542. The Morgan fingerprint density at radius 3 is 2.78 bits per heavy atom. The number of methoxy groups -OCH3 is 2. The van der Waals surface area contributed by atoms with Crippen LogP contribution in [0.3, 0.4) is 0 Å². The molecule has 2 aromatic rings. The molecule has 5 nitrogen and oxygen atoms in total. The van der Waals surface area contributed by atoms with Crippen LogP contribution in [-0.2, 0) is 6.54 Å². The number of rotatable bonds is 5. The van der Waals surface area contributed by atoms with E-state index >= 15 is 0 Å². The van der Waals surface area contributed by atoms with Gasteiger partial charge in [0.1, 0.15) is 5.00 Å². The summed E-state index contributed by atoms with van der Waals surface area (Å²) in [6.45, 7) is 0.572. The molecular formula is C11H12ClN3O2S. The average molecular weight is 286 g/mol. The zero-order valence-corrected chi connectivity index (χ0v) is 11.5. The van der Waals surface area contributed by atoms with Gasteiger partial charge in [-0.25, -0.2) is 0 Å². The highest BCUT2D eigenvalue weighted by Crippen LogP contribution is 2.37. The summed E-state index contributed by atoms with van der Waals surface area (Å²) in [6.07, 6.45) is 1.67. The van der Waals surface area contributed by atoms with Crippen LogP contribution in [0.15, 0.2) is 18.3 Å². The maximum Gasteiger partial charge on any atom is 0.179 e. The molecule has 0 aliphatic heterocycles. The maximum atomic E-state index is 6.26. The van der Waals surface area contributed by atoms with Gasteiger partial charge in [-0.05, 0) is 11.6 Å². The van der Waals surface area contributed by atoms with Crippen molar-refractivity contribution in [3.8, 4) is 11.5 Å². The normalized spacial score (nSPS) is 10.2. The van der Waals surface area contributed by atoms with Crippen LogP contribution in [0.4, 0.5) is 5.00 Å². The van der Waals surface area contributed by atoms with Crippen LogP contribution < -0.4 is 14.8 Å². The lowest BCUT2D eigenvalue weighted by atomic mass is 10.2. The van der Waals surface area contributed by atoms with Crippen molar-refractivity contribution in [1.82, 2.24) is 9.59 Å². The quantitative estimate of drug-likeness (QED) is 0.915. The molecule has 0 fully saturated rings. The molecule has 0 amide bonds. The predicted octanol–water partition coefficient (Wildman–Crippen LogP) is 2.82. The third-order valence-electron chi connectivity index (χ3n) is 2.38. The first-order valence-corrected chi connectivity index (χ1v) is 6.32. The van der Waals surface area contributed by atoms with Crippen LogP contribution in [0.5, 0.6) is 11.5 Å². The number of halogens is 1. The van der Waals surface area contributed by atoms with Crippen LogP contribution >= 0.6 is 23.1 Å². The number of aromatic nitrogens is 2. The van der Waals surface area contributed by atoms with Crippen molar-refractivity contribution in [1.29, 1.82) is 0 Å². The van der Waals surface area contributed by atoms with Crippen LogP contribution in [0.2, 0.25) is 5.02 Å². The Kier molecular flexibility index (Phi) is 4.22. The van der Waals surface area contributed by atoms with Gasteiger partial charge in [0.2, 0.25) is 0 Å². The van der Waals surface area contributed by atoms with Crippen molar-refractivity contribution < 1.29 is 9.47 Å². The fourth-order valence-corrected chi connectivity index (χ4v) is 2.21. The second-order valence-corrected chi connectivity index (χ2v) is 4.57. The standard InChI is InChI=1S/C11H12ClN3O2S/c1-16-8-4-3-7(10(12)11(8)17-2)5-13-9-6-14-15-18-9/h3-4,6,13H,5H2,1-2H3. The Morgan fingerprint density at radius 2 is 2.17 bits per heavy atom. The number of nitrogens with one attached hydrogen (secondary N) is 1. The molecule has 0 saturated heterocycles. The summed E-state index contributed by atoms with van der Waals surface area (Å²) < 4.78 is 14.2. The highest BCUT2D eigenvalue weighted by atomic mass is 35.5. The number of nitrogens with zero attached hydrogens (tertiary/aromatic N) is 2. The van der Waals surface area contributed by atoms with Crippen LogP contribution in [0.1, 0.15) is 5.56 Å². The molecule has 0 unspecified atom stereocenters. The number of hydrogen-bond donors (Lipinski definition) is 1. The fourth-order valence-electron chi connectivity index (χ4n) is 1.49. The predicted molar refractivity (Wildman–Crippen MR) is 71.8 cm³/mol. The molecular weight excluding hydrogens is 274 g/mol. The molecule has 0 aliphatic rings. The summed E-state index contributed by atoms with van der Waals surface area (Å²) in [5.74, 6) is 1.16. The van der Waals surface area contributed by atoms with Gasteiger partial charge in [-0.15, -0.1) is 5.10 Å². The molecule has 0 spiro atoms. The topological polar surface area (TPSA) is 56.3 Å². The van der Waals surface area contributed by atoms with Crippen molar-refractivity contribution in [2.24, 2.45) is 0 Å². The van der Waals surface area contributed by atoms with Crippen molar-refractivity contribution in [3.05, 3.63) is 28.9 Å². The fraction of sp³-hybridized carbons (Fsp3) is 0.273. The van der Waals surface area contributed by atoms with Crippen LogP contribution in [-0.4, -0.2) is 23.8 Å². The molecule has 0 atom stereocenters. The van der Waals surface area contributed by atoms with Gasteiger partial charge in [0.05, 0.1) is 25.4 Å². The zero-order chi connectivity index (χ0) is 13.0. The molecule has 1 aromatic carbocycles. The van der Waals surface area contributed by atoms with Gasteiger partial charge >= 0.3 is 0 Å². The van der Waals surface area contributed by atoms with E-state index in [1.165, 1.54) is 11.5 Å². The van der Waals surface area contributed by atoms with Gasteiger partial charge in [-0.1, -0.05) is 22.2 Å². The van der Waals surface area contributed by atoms with Crippen molar-refractivity contribution in [2.75, 3.05) is 19.5 Å². The molecule has 18 heavy (non-hydrogen) atoms. The van der Waals surface area contributed by atoms with E-state index in [0.29, 0.717) is 23.1 Å². The summed E-state index contributed by atoms with van der Waals surface area (Å²) in [6, 6.07) is 3.72. The molecule has 1 aromatic heterocycles. The highest BCUT2D eigenvalue weighted by Gasteiger charge is 2.12. The summed E-state index contributed by atoms with van der Waals surface area (Å²) >= 11 is 7.55. The Balaban J connectivity index is 2.18. The molecule has 2 rings (SSSR count). The zero-order valence-electron chi connectivity index (χ0n) is 9.94. The third-order valence-corrected chi connectivity index (χ3v) is 3.42. The van der Waals surface area contributed by atoms with E-state index in [1.807, 2.05) is 12.1 Å². The van der Waals surface area contributed by atoms with Gasteiger partial charge in [0, 0.05) is 18.1 Å². The van der Waals surface area contributed by atoms with E-state index in [-0.39, 0.29) is 0 Å². The van der Waals surface area contributed by atoms with Crippen molar-refractivity contribution in [2.45, 2.75) is 6.54 Å². The second-order valence-electron chi connectivity index (χ2n) is 3.41. The molecule has 0 radical (unpaired) electrons. The van der Waals surface area contributed by atoms with Gasteiger partial charge in [-0.3, -0.25) is 0 Å². The van der Waals surface area contributed by atoms with E-state index in [0.717, 1.165) is 10.6 Å². The third kappa shape index (κ3) is 2.65. The van der Waals surface area contributed by atoms with Crippen LogP contribution in [0, 0.1) is 0 Å². The largest absolute Gasteiger partial charge is 0.493 e. The number of benzene rings is 1. The molecule has 1 N–H and O–H groups in total. The van der Waals surface area contributed by atoms with Gasteiger partial charge in [0.25, 0.3) is 0 Å². The van der Waals surface area contributed by atoms with E-state index in [1.54, 1.807) is 20.4 Å². The van der Waals surface area contributed by atoms with E-state index in [9.17, 15) is 0 Å².